The third-order valence-corrected chi connectivity index (χ3v) is 5.07. The molecule has 116 valence electrons. The molecule has 0 amide bonds. The zero-order chi connectivity index (χ0) is 15.2. The number of nitrogens with one attached hydrogen (secondary N) is 1. The summed E-state index contributed by atoms with van der Waals surface area (Å²) in [5.74, 6) is 1.03. The predicted octanol–water partition coefficient (Wildman–Crippen LogP) is 3.75. The summed E-state index contributed by atoms with van der Waals surface area (Å²) in [6.07, 6.45) is 2.04. The van der Waals surface area contributed by atoms with Crippen LogP contribution in [-0.4, -0.2) is 35.6 Å². The molecule has 1 heterocycles. The van der Waals surface area contributed by atoms with Crippen LogP contribution in [0.15, 0.2) is 18.2 Å². The summed E-state index contributed by atoms with van der Waals surface area (Å²) in [6, 6.07) is 5.58. The number of rotatable bonds is 6. The van der Waals surface area contributed by atoms with Gasteiger partial charge < -0.3 is 10.2 Å². The first-order chi connectivity index (χ1) is 10.2. The molecule has 1 atom stereocenters. The van der Waals surface area contributed by atoms with Crippen LogP contribution < -0.4 is 10.2 Å². The fourth-order valence-corrected chi connectivity index (χ4v) is 3.75. The van der Waals surface area contributed by atoms with Gasteiger partial charge in [0.25, 0.3) is 0 Å². The predicted molar refractivity (Wildman–Crippen MR) is 90.6 cm³/mol. The van der Waals surface area contributed by atoms with Gasteiger partial charge in [-0.3, -0.25) is 10.1 Å². The van der Waals surface area contributed by atoms with Gasteiger partial charge in [0, 0.05) is 30.6 Å². The monoisotopic (exact) mass is 309 g/mol. The van der Waals surface area contributed by atoms with E-state index in [0.717, 1.165) is 43.9 Å². The molecule has 21 heavy (non-hydrogen) atoms. The van der Waals surface area contributed by atoms with Crippen LogP contribution >= 0.6 is 11.8 Å². The van der Waals surface area contributed by atoms with Gasteiger partial charge in [-0.15, -0.1) is 0 Å². The molecule has 5 nitrogen and oxygen atoms in total. The lowest BCUT2D eigenvalue weighted by atomic mass is 10.2. The molecule has 1 N–H and O–H groups in total. The zero-order valence-corrected chi connectivity index (χ0v) is 13.5. The Balaban J connectivity index is 2.31. The van der Waals surface area contributed by atoms with E-state index in [-0.39, 0.29) is 10.6 Å². The van der Waals surface area contributed by atoms with Gasteiger partial charge in [0.15, 0.2) is 0 Å². The van der Waals surface area contributed by atoms with Crippen molar-refractivity contribution in [3.05, 3.63) is 28.3 Å². The highest BCUT2D eigenvalue weighted by Crippen LogP contribution is 2.37. The lowest BCUT2D eigenvalue weighted by molar-refractivity contribution is -0.383. The van der Waals surface area contributed by atoms with E-state index < -0.39 is 0 Å². The molecule has 1 aliphatic heterocycles. The van der Waals surface area contributed by atoms with Crippen molar-refractivity contribution in [2.45, 2.75) is 31.9 Å². The van der Waals surface area contributed by atoms with E-state index in [4.69, 9.17) is 0 Å². The Bertz CT molecular complexity index is 496. The quantitative estimate of drug-likeness (QED) is 0.640. The summed E-state index contributed by atoms with van der Waals surface area (Å²) in [5, 5.41) is 15.3. The number of hydrogen-bond acceptors (Lipinski definition) is 5. The first-order valence-corrected chi connectivity index (χ1v) is 8.60. The van der Waals surface area contributed by atoms with Crippen LogP contribution in [0, 0.1) is 10.1 Å². The largest absolute Gasteiger partial charge is 0.379 e. The van der Waals surface area contributed by atoms with Crippen LogP contribution in [0.5, 0.6) is 0 Å². The maximum absolute atomic E-state index is 11.5. The van der Waals surface area contributed by atoms with Crippen LogP contribution in [-0.2, 0) is 0 Å². The number of nitro benzene ring substituents is 1. The molecule has 0 spiro atoms. The van der Waals surface area contributed by atoms with Crippen LogP contribution in [0.1, 0.15) is 26.7 Å². The van der Waals surface area contributed by atoms with Crippen molar-refractivity contribution in [3.8, 4) is 0 Å². The van der Waals surface area contributed by atoms with Crippen molar-refractivity contribution in [1.29, 1.82) is 0 Å². The first kappa shape index (κ1) is 15.9. The second-order valence-electron chi connectivity index (χ2n) is 5.20. The molecule has 0 saturated carbocycles. The Labute approximate surface area is 130 Å². The summed E-state index contributed by atoms with van der Waals surface area (Å²) in [6.45, 7) is 6.74. The molecule has 0 aromatic heterocycles. The fraction of sp³-hybridized carbons (Fsp3) is 0.600. The second-order valence-corrected chi connectivity index (χ2v) is 6.61. The number of hydrogen-bond donors (Lipinski definition) is 1. The summed E-state index contributed by atoms with van der Waals surface area (Å²) in [4.78, 5) is 13.4. The van der Waals surface area contributed by atoms with Gasteiger partial charge in [0.1, 0.15) is 11.4 Å². The second kappa shape index (κ2) is 7.54. The molecule has 0 bridgehead atoms. The third kappa shape index (κ3) is 3.81. The smallest absolute Gasteiger partial charge is 0.315 e. The third-order valence-electron chi connectivity index (χ3n) is 3.70. The molecule has 2 rings (SSSR count). The maximum Gasteiger partial charge on any atom is 0.315 e. The van der Waals surface area contributed by atoms with Gasteiger partial charge in [-0.25, -0.2) is 0 Å². The fourth-order valence-electron chi connectivity index (χ4n) is 2.57. The molecule has 1 fully saturated rings. The van der Waals surface area contributed by atoms with Gasteiger partial charge in [-0.1, -0.05) is 19.9 Å². The Hall–Kier alpha value is -1.43. The van der Waals surface area contributed by atoms with Gasteiger partial charge in [-0.05, 0) is 25.0 Å². The molecule has 1 aromatic rings. The van der Waals surface area contributed by atoms with E-state index in [1.54, 1.807) is 6.07 Å². The Morgan fingerprint density at radius 2 is 2.29 bits per heavy atom. The lowest BCUT2D eigenvalue weighted by Crippen LogP contribution is -2.38. The van der Waals surface area contributed by atoms with E-state index in [2.05, 4.69) is 24.1 Å². The van der Waals surface area contributed by atoms with Gasteiger partial charge in [0.05, 0.1) is 4.92 Å². The van der Waals surface area contributed by atoms with Crippen molar-refractivity contribution in [2.75, 3.05) is 35.6 Å². The van der Waals surface area contributed by atoms with Crippen molar-refractivity contribution < 1.29 is 4.92 Å². The molecular weight excluding hydrogens is 286 g/mol. The summed E-state index contributed by atoms with van der Waals surface area (Å²) < 4.78 is 0. The minimum atomic E-state index is -0.254. The highest BCUT2D eigenvalue weighted by Gasteiger charge is 2.27. The molecule has 0 radical (unpaired) electrons. The van der Waals surface area contributed by atoms with Crippen molar-refractivity contribution in [2.24, 2.45) is 0 Å². The highest BCUT2D eigenvalue weighted by atomic mass is 32.2. The van der Waals surface area contributed by atoms with Crippen molar-refractivity contribution >= 4 is 28.8 Å². The molecule has 1 unspecified atom stereocenters. The summed E-state index contributed by atoms with van der Waals surface area (Å²) in [7, 11) is 0. The highest BCUT2D eigenvalue weighted by molar-refractivity contribution is 8.00. The standard InChI is InChI=1S/C15H23N3O2S/c1-3-8-16-13-6-5-7-14(15(13)18(19)20)17-9-10-21-12(4-2)11-17/h5-7,12,16H,3-4,8-11H2,1-2H3. The first-order valence-electron chi connectivity index (χ1n) is 7.55. The minimum Gasteiger partial charge on any atom is -0.379 e. The molecule has 1 aliphatic rings. The molecule has 6 heteroatoms. The molecule has 0 aliphatic carbocycles. The van der Waals surface area contributed by atoms with E-state index in [0.29, 0.717) is 10.9 Å². The van der Waals surface area contributed by atoms with Crippen LogP contribution in [0.4, 0.5) is 17.1 Å². The number of anilines is 2. The Morgan fingerprint density at radius 1 is 1.48 bits per heavy atom. The van der Waals surface area contributed by atoms with Crippen LogP contribution in [0.2, 0.25) is 0 Å². The van der Waals surface area contributed by atoms with E-state index in [1.165, 1.54) is 0 Å². The van der Waals surface area contributed by atoms with Gasteiger partial charge >= 0.3 is 5.69 Å². The van der Waals surface area contributed by atoms with Crippen molar-refractivity contribution in [3.63, 3.8) is 0 Å². The SMILES string of the molecule is CCCNc1cccc(N2CCSC(CC)C2)c1[N+](=O)[O-]. The number of para-hydroxylation sites is 1. The van der Waals surface area contributed by atoms with Gasteiger partial charge in [-0.2, -0.15) is 11.8 Å². The number of nitro groups is 1. The average Bonchev–Trinajstić information content (AvgIpc) is 2.52. The average molecular weight is 309 g/mol. The van der Waals surface area contributed by atoms with E-state index in [9.17, 15) is 10.1 Å². The Morgan fingerprint density at radius 3 is 2.95 bits per heavy atom. The minimum absolute atomic E-state index is 0.215. The maximum atomic E-state index is 11.5. The van der Waals surface area contributed by atoms with E-state index >= 15 is 0 Å². The topological polar surface area (TPSA) is 58.4 Å². The summed E-state index contributed by atoms with van der Waals surface area (Å²) >= 11 is 1.97. The van der Waals surface area contributed by atoms with Crippen LogP contribution in [0.25, 0.3) is 0 Å². The molecular formula is C15H23N3O2S. The van der Waals surface area contributed by atoms with Crippen LogP contribution in [0.3, 0.4) is 0 Å². The summed E-state index contributed by atoms with van der Waals surface area (Å²) in [5.41, 5.74) is 1.60. The number of benzene rings is 1. The van der Waals surface area contributed by atoms with Gasteiger partial charge in [0.2, 0.25) is 0 Å². The van der Waals surface area contributed by atoms with E-state index in [1.807, 2.05) is 23.9 Å². The number of thioether (sulfide) groups is 1. The molecule has 1 aromatic carbocycles. The zero-order valence-electron chi connectivity index (χ0n) is 12.7. The number of nitrogens with zero attached hydrogens (tertiary/aromatic N) is 2. The Kier molecular flexibility index (Phi) is 5.73. The van der Waals surface area contributed by atoms with Crippen molar-refractivity contribution in [1.82, 2.24) is 0 Å². The lowest BCUT2D eigenvalue weighted by Gasteiger charge is -2.33. The normalized spacial score (nSPS) is 18.6. The molecule has 1 saturated heterocycles.